The van der Waals surface area contributed by atoms with E-state index >= 15 is 0 Å². The fourth-order valence-electron chi connectivity index (χ4n) is 5.29. The molecule has 0 amide bonds. The molecule has 35 heavy (non-hydrogen) atoms. The number of hydrogen-bond acceptors (Lipinski definition) is 2. The van der Waals surface area contributed by atoms with Gasteiger partial charge in [0.1, 0.15) is 0 Å². The minimum absolute atomic E-state index is 0.0409. The first-order valence-corrected chi connectivity index (χ1v) is 11.9. The molecule has 1 N–H and O–H groups in total. The first-order chi connectivity index (χ1) is 17.4. The molecule has 1 aliphatic heterocycles. The number of rotatable bonds is 3. The SMILES string of the molecule is C1=C(c2ccccc2)N(c2ccccc2)C(c2c[nH]c3ccccc23)c2cc3ccccc3nc21. The average Bonchev–Trinajstić information content (AvgIpc) is 3.36. The Morgan fingerprint density at radius 2 is 1.40 bits per heavy atom. The van der Waals surface area contributed by atoms with Crippen LogP contribution in [0.4, 0.5) is 5.69 Å². The molecule has 7 rings (SSSR count). The Bertz CT molecular complexity index is 1700. The van der Waals surface area contributed by atoms with Gasteiger partial charge in [0.05, 0.1) is 22.9 Å². The van der Waals surface area contributed by atoms with Crippen LogP contribution in [0.1, 0.15) is 28.4 Å². The first-order valence-electron chi connectivity index (χ1n) is 11.9. The molecule has 0 fully saturated rings. The third-order valence-electron chi connectivity index (χ3n) is 6.89. The van der Waals surface area contributed by atoms with Crippen molar-refractivity contribution in [1.29, 1.82) is 0 Å². The van der Waals surface area contributed by atoms with Crippen LogP contribution in [-0.4, -0.2) is 9.97 Å². The zero-order valence-corrected chi connectivity index (χ0v) is 19.1. The molecule has 1 aliphatic rings. The zero-order chi connectivity index (χ0) is 23.2. The van der Waals surface area contributed by atoms with Crippen molar-refractivity contribution in [2.24, 2.45) is 0 Å². The smallest absolute Gasteiger partial charge is 0.0886 e. The van der Waals surface area contributed by atoms with Crippen LogP contribution < -0.4 is 4.90 Å². The Kier molecular flexibility index (Phi) is 4.52. The second-order valence-electron chi connectivity index (χ2n) is 8.95. The van der Waals surface area contributed by atoms with E-state index in [1.54, 1.807) is 0 Å². The van der Waals surface area contributed by atoms with Gasteiger partial charge in [-0.05, 0) is 42.0 Å². The second-order valence-corrected chi connectivity index (χ2v) is 8.95. The molecular formula is C32H23N3. The highest BCUT2D eigenvalue weighted by Crippen LogP contribution is 2.46. The van der Waals surface area contributed by atoms with Gasteiger partial charge in [0.2, 0.25) is 0 Å². The molecule has 3 nitrogen and oxygen atoms in total. The quantitative estimate of drug-likeness (QED) is 0.299. The summed E-state index contributed by atoms with van der Waals surface area (Å²) in [6.07, 6.45) is 4.41. The highest BCUT2D eigenvalue weighted by Gasteiger charge is 2.34. The molecule has 1 atom stereocenters. The van der Waals surface area contributed by atoms with Gasteiger partial charge in [-0.3, -0.25) is 0 Å². The van der Waals surface area contributed by atoms with Crippen LogP contribution in [0.2, 0.25) is 0 Å². The van der Waals surface area contributed by atoms with Crippen molar-refractivity contribution in [3.8, 4) is 0 Å². The molecule has 0 spiro atoms. The number of aromatic nitrogens is 2. The number of pyridine rings is 1. The molecule has 6 aromatic rings. The Labute approximate surface area is 204 Å². The summed E-state index contributed by atoms with van der Waals surface area (Å²) in [5.74, 6) is 0. The van der Waals surface area contributed by atoms with Crippen LogP contribution in [0.3, 0.4) is 0 Å². The molecule has 0 saturated heterocycles. The van der Waals surface area contributed by atoms with Crippen LogP contribution in [0, 0.1) is 0 Å². The Balaban J connectivity index is 1.58. The number of fused-ring (bicyclic) bond motifs is 3. The lowest BCUT2D eigenvalue weighted by molar-refractivity contribution is 0.817. The summed E-state index contributed by atoms with van der Waals surface area (Å²) in [6.45, 7) is 0. The molecular weight excluding hydrogens is 426 g/mol. The van der Waals surface area contributed by atoms with E-state index in [4.69, 9.17) is 4.98 Å². The number of para-hydroxylation sites is 3. The minimum atomic E-state index is -0.0409. The van der Waals surface area contributed by atoms with Crippen molar-refractivity contribution in [3.63, 3.8) is 0 Å². The maximum atomic E-state index is 5.15. The summed E-state index contributed by atoms with van der Waals surface area (Å²) in [6, 6.07) is 40.5. The van der Waals surface area contributed by atoms with Gasteiger partial charge in [-0.2, -0.15) is 0 Å². The van der Waals surface area contributed by atoms with Crippen LogP contribution in [0.15, 0.2) is 121 Å². The maximum Gasteiger partial charge on any atom is 0.0886 e. The molecule has 3 heteroatoms. The first kappa shape index (κ1) is 19.8. The van der Waals surface area contributed by atoms with Crippen molar-refractivity contribution in [2.45, 2.75) is 6.04 Å². The van der Waals surface area contributed by atoms with Gasteiger partial charge in [-0.1, -0.05) is 84.9 Å². The topological polar surface area (TPSA) is 31.9 Å². The normalized spacial score (nSPS) is 15.3. The summed E-state index contributed by atoms with van der Waals surface area (Å²) >= 11 is 0. The predicted molar refractivity (Wildman–Crippen MR) is 145 cm³/mol. The highest BCUT2D eigenvalue weighted by molar-refractivity contribution is 5.97. The van der Waals surface area contributed by atoms with Gasteiger partial charge >= 0.3 is 0 Å². The third-order valence-corrected chi connectivity index (χ3v) is 6.89. The van der Waals surface area contributed by atoms with Crippen molar-refractivity contribution in [1.82, 2.24) is 9.97 Å². The van der Waals surface area contributed by atoms with Crippen LogP contribution in [0.25, 0.3) is 33.6 Å². The van der Waals surface area contributed by atoms with E-state index < -0.39 is 0 Å². The average molecular weight is 450 g/mol. The Hall–Kier alpha value is -4.63. The van der Waals surface area contributed by atoms with Gasteiger partial charge < -0.3 is 9.88 Å². The van der Waals surface area contributed by atoms with Gasteiger partial charge in [-0.25, -0.2) is 4.98 Å². The van der Waals surface area contributed by atoms with Gasteiger partial charge in [0.15, 0.2) is 0 Å². The lowest BCUT2D eigenvalue weighted by atomic mass is 9.88. The second kappa shape index (κ2) is 8.00. The highest BCUT2D eigenvalue weighted by atomic mass is 15.2. The predicted octanol–water partition coefficient (Wildman–Crippen LogP) is 7.82. The summed E-state index contributed by atoms with van der Waals surface area (Å²) in [5.41, 5.74) is 9.08. The summed E-state index contributed by atoms with van der Waals surface area (Å²) < 4.78 is 0. The molecule has 0 radical (unpaired) electrons. The fraction of sp³-hybridized carbons (Fsp3) is 0.0312. The van der Waals surface area contributed by atoms with E-state index in [-0.39, 0.29) is 6.04 Å². The van der Waals surface area contributed by atoms with Gasteiger partial charge in [0.25, 0.3) is 0 Å². The number of aromatic amines is 1. The maximum absolute atomic E-state index is 5.15. The Morgan fingerprint density at radius 1 is 0.686 bits per heavy atom. The van der Waals surface area contributed by atoms with Crippen molar-refractivity contribution >= 4 is 39.3 Å². The zero-order valence-electron chi connectivity index (χ0n) is 19.1. The number of nitrogens with one attached hydrogen (secondary N) is 1. The van der Waals surface area contributed by atoms with Crippen LogP contribution in [-0.2, 0) is 0 Å². The van der Waals surface area contributed by atoms with E-state index in [1.807, 2.05) is 0 Å². The van der Waals surface area contributed by atoms with Crippen molar-refractivity contribution in [2.75, 3.05) is 4.90 Å². The van der Waals surface area contributed by atoms with Gasteiger partial charge in [-0.15, -0.1) is 0 Å². The minimum Gasteiger partial charge on any atom is -0.361 e. The van der Waals surface area contributed by atoms with Crippen LogP contribution in [0.5, 0.6) is 0 Å². The van der Waals surface area contributed by atoms with Crippen molar-refractivity contribution < 1.29 is 0 Å². The van der Waals surface area contributed by atoms with Crippen molar-refractivity contribution in [3.05, 3.63) is 144 Å². The monoisotopic (exact) mass is 449 g/mol. The molecule has 2 aromatic heterocycles. The molecule has 166 valence electrons. The fourth-order valence-corrected chi connectivity index (χ4v) is 5.29. The lowest BCUT2D eigenvalue weighted by Gasteiger charge is -2.39. The molecule has 0 bridgehead atoms. The van der Waals surface area contributed by atoms with E-state index in [0.29, 0.717) is 0 Å². The summed E-state index contributed by atoms with van der Waals surface area (Å²) in [7, 11) is 0. The molecule has 0 saturated carbocycles. The lowest BCUT2D eigenvalue weighted by Crippen LogP contribution is -2.31. The number of hydrogen-bond donors (Lipinski definition) is 1. The molecule has 4 aromatic carbocycles. The number of nitrogens with zero attached hydrogens (tertiary/aromatic N) is 2. The van der Waals surface area contributed by atoms with Crippen LogP contribution >= 0.6 is 0 Å². The molecule has 0 aliphatic carbocycles. The number of benzene rings is 4. The number of anilines is 1. The largest absolute Gasteiger partial charge is 0.361 e. The Morgan fingerprint density at radius 3 is 2.26 bits per heavy atom. The van der Waals surface area contributed by atoms with E-state index in [9.17, 15) is 0 Å². The van der Waals surface area contributed by atoms with Gasteiger partial charge in [0, 0.05) is 39.3 Å². The van der Waals surface area contributed by atoms with E-state index in [2.05, 4.69) is 137 Å². The van der Waals surface area contributed by atoms with E-state index in [1.165, 1.54) is 22.1 Å². The number of H-pyrrole nitrogens is 1. The molecule has 1 unspecified atom stereocenters. The summed E-state index contributed by atoms with van der Waals surface area (Å²) in [5, 5.41) is 2.38. The standard InChI is InChI=1S/C32H23N3/c1-3-11-22(12-4-1)31-20-30-26(19-23-13-7-9-17-28(23)34-30)32(35(31)24-14-5-2-6-15-24)27-21-33-29-18-10-8-16-25(27)29/h1-21,32-33H. The molecule has 3 heterocycles. The van der Waals surface area contributed by atoms with E-state index in [0.717, 1.165) is 33.5 Å². The summed E-state index contributed by atoms with van der Waals surface area (Å²) in [4.78, 5) is 11.1. The third kappa shape index (κ3) is 3.24.